The molecule has 18 heavy (non-hydrogen) atoms. The number of hydrogen-bond acceptors (Lipinski definition) is 1. The Morgan fingerprint density at radius 3 is 3.00 bits per heavy atom. The van der Waals surface area contributed by atoms with Crippen LogP contribution in [0.2, 0.25) is 5.02 Å². The molecule has 0 saturated heterocycles. The van der Waals surface area contributed by atoms with Crippen LogP contribution in [0.4, 0.5) is 0 Å². The lowest BCUT2D eigenvalue weighted by molar-refractivity contribution is 0.324. The van der Waals surface area contributed by atoms with E-state index in [4.69, 9.17) is 16.3 Å². The quantitative estimate of drug-likeness (QED) is 0.531. The zero-order chi connectivity index (χ0) is 12.8. The molecule has 2 heteroatoms. The third-order valence-corrected chi connectivity index (χ3v) is 3.90. The van der Waals surface area contributed by atoms with Gasteiger partial charge in [-0.05, 0) is 42.9 Å². The van der Waals surface area contributed by atoms with Crippen molar-refractivity contribution >= 4 is 11.6 Å². The molecule has 2 rings (SSSR count). The first-order chi connectivity index (χ1) is 8.75. The van der Waals surface area contributed by atoms with Gasteiger partial charge in [0.05, 0.1) is 6.61 Å². The van der Waals surface area contributed by atoms with E-state index in [1.54, 1.807) is 0 Å². The maximum Gasteiger partial charge on any atom is 0.120 e. The molecule has 0 bridgehead atoms. The maximum atomic E-state index is 5.89. The Kier molecular flexibility index (Phi) is 5.12. The second-order valence-electron chi connectivity index (χ2n) is 5.09. The summed E-state index contributed by atoms with van der Waals surface area (Å²) in [6.07, 6.45) is 9.72. The van der Waals surface area contributed by atoms with Crippen molar-refractivity contribution < 1.29 is 4.74 Å². The minimum atomic E-state index is 0.720. The lowest BCUT2D eigenvalue weighted by Gasteiger charge is -2.09. The standard InChI is InChI=1S/C16H21ClO/c1-13-6-4-8-14(13)7-2-3-11-18-16-10-5-9-15(17)12-16/h2,5,7,9-10,12-14H,3-4,6,8,11H2,1H3/b7-2+. The number of benzene rings is 1. The van der Waals surface area contributed by atoms with Crippen molar-refractivity contribution in [2.75, 3.05) is 6.61 Å². The van der Waals surface area contributed by atoms with Crippen LogP contribution >= 0.6 is 11.6 Å². The van der Waals surface area contributed by atoms with Crippen molar-refractivity contribution in [3.8, 4) is 5.75 Å². The topological polar surface area (TPSA) is 9.23 Å². The summed E-state index contributed by atoms with van der Waals surface area (Å²) in [7, 11) is 0. The van der Waals surface area contributed by atoms with Gasteiger partial charge in [-0.2, -0.15) is 0 Å². The number of ether oxygens (including phenoxy) is 1. The van der Waals surface area contributed by atoms with Gasteiger partial charge < -0.3 is 4.74 Å². The van der Waals surface area contributed by atoms with E-state index in [0.717, 1.165) is 35.6 Å². The predicted molar refractivity (Wildman–Crippen MR) is 77.2 cm³/mol. The van der Waals surface area contributed by atoms with Crippen molar-refractivity contribution in [3.63, 3.8) is 0 Å². The first-order valence-corrected chi connectivity index (χ1v) is 7.18. The molecule has 1 aliphatic carbocycles. The molecule has 0 radical (unpaired) electrons. The van der Waals surface area contributed by atoms with Crippen molar-refractivity contribution in [3.05, 3.63) is 41.4 Å². The Morgan fingerprint density at radius 1 is 1.39 bits per heavy atom. The van der Waals surface area contributed by atoms with E-state index in [0.29, 0.717) is 0 Å². The Bertz CT molecular complexity index is 400. The van der Waals surface area contributed by atoms with E-state index in [1.807, 2.05) is 24.3 Å². The Morgan fingerprint density at radius 2 is 2.28 bits per heavy atom. The van der Waals surface area contributed by atoms with Crippen LogP contribution in [0, 0.1) is 11.8 Å². The molecule has 0 heterocycles. The second kappa shape index (κ2) is 6.84. The van der Waals surface area contributed by atoms with Crippen LogP contribution in [0.15, 0.2) is 36.4 Å². The molecule has 1 saturated carbocycles. The van der Waals surface area contributed by atoms with Gasteiger partial charge >= 0.3 is 0 Å². The van der Waals surface area contributed by atoms with Gasteiger partial charge in [0.1, 0.15) is 5.75 Å². The van der Waals surface area contributed by atoms with Gasteiger partial charge in [0.2, 0.25) is 0 Å². The summed E-state index contributed by atoms with van der Waals surface area (Å²) in [6.45, 7) is 3.07. The summed E-state index contributed by atoms with van der Waals surface area (Å²) in [5.41, 5.74) is 0. The minimum absolute atomic E-state index is 0.720. The highest BCUT2D eigenvalue weighted by Gasteiger charge is 2.20. The third kappa shape index (κ3) is 4.06. The fraction of sp³-hybridized carbons (Fsp3) is 0.500. The fourth-order valence-corrected chi connectivity index (χ4v) is 2.71. The molecule has 0 aromatic heterocycles. The molecular weight excluding hydrogens is 244 g/mol. The lowest BCUT2D eigenvalue weighted by atomic mass is 9.97. The summed E-state index contributed by atoms with van der Waals surface area (Å²) in [4.78, 5) is 0. The summed E-state index contributed by atoms with van der Waals surface area (Å²) in [5.74, 6) is 2.50. The molecule has 0 aliphatic heterocycles. The van der Waals surface area contributed by atoms with Gasteiger partial charge in [0.15, 0.2) is 0 Å². The number of allylic oxidation sites excluding steroid dienone is 1. The average Bonchev–Trinajstić information content (AvgIpc) is 2.75. The lowest BCUT2D eigenvalue weighted by Crippen LogP contribution is -2.00. The van der Waals surface area contributed by atoms with Crippen LogP contribution in [0.3, 0.4) is 0 Å². The molecule has 1 aromatic carbocycles. The van der Waals surface area contributed by atoms with Crippen LogP contribution in [0.1, 0.15) is 32.6 Å². The molecule has 0 N–H and O–H groups in total. The second-order valence-corrected chi connectivity index (χ2v) is 5.53. The molecule has 1 aromatic rings. The molecule has 0 amide bonds. The van der Waals surface area contributed by atoms with Gasteiger partial charge in [-0.3, -0.25) is 0 Å². The number of halogens is 1. The molecule has 1 nitrogen and oxygen atoms in total. The molecule has 1 aliphatic rings. The van der Waals surface area contributed by atoms with Gasteiger partial charge in [-0.1, -0.05) is 49.6 Å². The largest absolute Gasteiger partial charge is 0.493 e. The van der Waals surface area contributed by atoms with Gasteiger partial charge in [0, 0.05) is 5.02 Å². The molecule has 1 fully saturated rings. The zero-order valence-corrected chi connectivity index (χ0v) is 11.7. The number of rotatable bonds is 5. The van der Waals surface area contributed by atoms with Gasteiger partial charge in [-0.25, -0.2) is 0 Å². The summed E-state index contributed by atoms with van der Waals surface area (Å²) < 4.78 is 5.64. The van der Waals surface area contributed by atoms with E-state index >= 15 is 0 Å². The van der Waals surface area contributed by atoms with Crippen molar-refractivity contribution in [1.29, 1.82) is 0 Å². The highest BCUT2D eigenvalue weighted by molar-refractivity contribution is 6.30. The first kappa shape index (κ1) is 13.5. The Balaban J connectivity index is 1.68. The smallest absolute Gasteiger partial charge is 0.120 e. The maximum absolute atomic E-state index is 5.89. The Hall–Kier alpha value is -0.950. The Labute approximate surface area is 115 Å². The molecular formula is C16H21ClO. The zero-order valence-electron chi connectivity index (χ0n) is 10.9. The summed E-state index contributed by atoms with van der Waals surface area (Å²) >= 11 is 5.89. The predicted octanol–water partition coefficient (Wildman–Crippen LogP) is 5.10. The van der Waals surface area contributed by atoms with Crippen LogP contribution < -0.4 is 4.74 Å². The molecule has 2 atom stereocenters. The van der Waals surface area contributed by atoms with Crippen molar-refractivity contribution in [2.45, 2.75) is 32.6 Å². The van der Waals surface area contributed by atoms with Crippen LogP contribution in [0.25, 0.3) is 0 Å². The van der Waals surface area contributed by atoms with Crippen molar-refractivity contribution in [1.82, 2.24) is 0 Å². The molecule has 98 valence electrons. The fourth-order valence-electron chi connectivity index (χ4n) is 2.53. The van der Waals surface area contributed by atoms with E-state index in [-0.39, 0.29) is 0 Å². The SMILES string of the molecule is CC1CCCC1/C=C/CCOc1cccc(Cl)c1. The van der Waals surface area contributed by atoms with E-state index in [9.17, 15) is 0 Å². The first-order valence-electron chi connectivity index (χ1n) is 6.81. The highest BCUT2D eigenvalue weighted by atomic mass is 35.5. The highest BCUT2D eigenvalue weighted by Crippen LogP contribution is 2.32. The molecule has 0 spiro atoms. The van der Waals surface area contributed by atoms with Crippen LogP contribution in [-0.4, -0.2) is 6.61 Å². The summed E-state index contributed by atoms with van der Waals surface area (Å²) in [6, 6.07) is 7.56. The van der Waals surface area contributed by atoms with Gasteiger partial charge in [0.25, 0.3) is 0 Å². The molecule has 2 unspecified atom stereocenters. The average molecular weight is 265 g/mol. The van der Waals surface area contributed by atoms with Crippen LogP contribution in [-0.2, 0) is 0 Å². The van der Waals surface area contributed by atoms with Crippen LogP contribution in [0.5, 0.6) is 5.75 Å². The van der Waals surface area contributed by atoms with E-state index < -0.39 is 0 Å². The summed E-state index contributed by atoms with van der Waals surface area (Å²) in [5, 5.41) is 0.725. The monoisotopic (exact) mass is 264 g/mol. The minimum Gasteiger partial charge on any atom is -0.493 e. The normalized spacial score (nSPS) is 23.7. The van der Waals surface area contributed by atoms with Crippen molar-refractivity contribution in [2.24, 2.45) is 11.8 Å². The third-order valence-electron chi connectivity index (χ3n) is 3.66. The van der Waals surface area contributed by atoms with E-state index in [1.165, 1.54) is 19.3 Å². The van der Waals surface area contributed by atoms with E-state index in [2.05, 4.69) is 19.1 Å². The van der Waals surface area contributed by atoms with Gasteiger partial charge in [-0.15, -0.1) is 0 Å². The number of hydrogen-bond donors (Lipinski definition) is 0.